The van der Waals surface area contributed by atoms with E-state index in [1.165, 1.54) is 5.56 Å². The summed E-state index contributed by atoms with van der Waals surface area (Å²) >= 11 is 0. The zero-order chi connectivity index (χ0) is 18.2. The lowest BCUT2D eigenvalue weighted by Crippen LogP contribution is -2.20. The summed E-state index contributed by atoms with van der Waals surface area (Å²) in [5, 5.41) is 11.7. The van der Waals surface area contributed by atoms with Crippen molar-refractivity contribution >= 4 is 17.6 Å². The molecule has 5 nitrogen and oxygen atoms in total. The summed E-state index contributed by atoms with van der Waals surface area (Å²) in [5.41, 5.74) is 2.93. The topological polar surface area (TPSA) is 75.6 Å². The highest BCUT2D eigenvalue weighted by Gasteiger charge is 2.11. The molecule has 2 N–H and O–H groups in total. The van der Waals surface area contributed by atoms with Crippen molar-refractivity contribution < 1.29 is 19.4 Å². The molecular weight excluding hydrogens is 318 g/mol. The van der Waals surface area contributed by atoms with Gasteiger partial charge in [0.15, 0.2) is 6.61 Å². The maximum absolute atomic E-state index is 11.9. The van der Waals surface area contributed by atoms with Gasteiger partial charge in [-0.15, -0.1) is 0 Å². The van der Waals surface area contributed by atoms with Gasteiger partial charge in [-0.1, -0.05) is 38.1 Å². The third kappa shape index (κ3) is 5.43. The Balaban J connectivity index is 1.84. The average molecular weight is 341 g/mol. The van der Waals surface area contributed by atoms with Crippen LogP contribution in [0.3, 0.4) is 0 Å². The minimum atomic E-state index is -0.577. The maximum atomic E-state index is 11.9. The van der Waals surface area contributed by atoms with Crippen molar-refractivity contribution in [1.82, 2.24) is 0 Å². The van der Waals surface area contributed by atoms with Gasteiger partial charge in [-0.3, -0.25) is 4.79 Å². The number of carbonyl (C=O) groups excluding carboxylic acids is 2. The number of esters is 1. The van der Waals surface area contributed by atoms with Gasteiger partial charge in [0, 0.05) is 5.69 Å². The lowest BCUT2D eigenvalue weighted by molar-refractivity contribution is -0.119. The van der Waals surface area contributed by atoms with E-state index in [2.05, 4.69) is 19.2 Å². The van der Waals surface area contributed by atoms with E-state index in [4.69, 9.17) is 9.84 Å². The second kappa shape index (κ2) is 8.99. The molecule has 0 fully saturated rings. The van der Waals surface area contributed by atoms with E-state index in [0.29, 0.717) is 22.7 Å². The summed E-state index contributed by atoms with van der Waals surface area (Å²) in [4.78, 5) is 23.8. The molecule has 25 heavy (non-hydrogen) atoms. The molecule has 2 aromatic carbocycles. The van der Waals surface area contributed by atoms with Gasteiger partial charge in [0.05, 0.1) is 12.2 Å². The molecule has 0 saturated heterocycles. The molecule has 0 bridgehead atoms. The molecule has 1 amide bonds. The standard InChI is InChI=1S/C20H23NO4/c1-3-14(2)16-8-10-18(11-9-16)21-19(23)13-25-20(24)17-6-4-15(12-22)5-7-17/h4-11,14,22H,3,12-13H2,1-2H3,(H,21,23)/t14-/m1/s1. The van der Waals surface area contributed by atoms with Crippen molar-refractivity contribution in [3.05, 3.63) is 65.2 Å². The lowest BCUT2D eigenvalue weighted by Gasteiger charge is -2.11. The molecular formula is C20H23NO4. The summed E-state index contributed by atoms with van der Waals surface area (Å²) < 4.78 is 5.00. The minimum Gasteiger partial charge on any atom is -0.452 e. The maximum Gasteiger partial charge on any atom is 0.338 e. The number of nitrogens with one attached hydrogen (secondary N) is 1. The van der Waals surface area contributed by atoms with Gasteiger partial charge in [0.25, 0.3) is 5.91 Å². The molecule has 0 saturated carbocycles. The highest BCUT2D eigenvalue weighted by Crippen LogP contribution is 2.20. The van der Waals surface area contributed by atoms with Crippen molar-refractivity contribution in [2.24, 2.45) is 0 Å². The number of aliphatic hydroxyl groups is 1. The molecule has 0 unspecified atom stereocenters. The number of rotatable bonds is 7. The fourth-order valence-electron chi connectivity index (χ4n) is 2.29. The predicted molar refractivity (Wildman–Crippen MR) is 96.4 cm³/mol. The Morgan fingerprint density at radius 3 is 2.28 bits per heavy atom. The highest BCUT2D eigenvalue weighted by atomic mass is 16.5. The van der Waals surface area contributed by atoms with Crippen LogP contribution < -0.4 is 5.32 Å². The van der Waals surface area contributed by atoms with Crippen LogP contribution in [0.5, 0.6) is 0 Å². The van der Waals surface area contributed by atoms with Gasteiger partial charge in [-0.25, -0.2) is 4.79 Å². The first-order chi connectivity index (χ1) is 12.0. The van der Waals surface area contributed by atoms with Crippen LogP contribution in [0.2, 0.25) is 0 Å². The number of carbonyl (C=O) groups is 2. The van der Waals surface area contributed by atoms with Crippen LogP contribution >= 0.6 is 0 Å². The van der Waals surface area contributed by atoms with E-state index >= 15 is 0 Å². The molecule has 0 radical (unpaired) electrons. The Bertz CT molecular complexity index is 707. The van der Waals surface area contributed by atoms with Crippen LogP contribution in [0.4, 0.5) is 5.69 Å². The Hall–Kier alpha value is -2.66. The summed E-state index contributed by atoms with van der Waals surface area (Å²) in [6, 6.07) is 14.0. The average Bonchev–Trinajstić information content (AvgIpc) is 2.66. The molecule has 5 heteroatoms. The number of hydrogen-bond acceptors (Lipinski definition) is 4. The number of aliphatic hydroxyl groups excluding tert-OH is 1. The first-order valence-electron chi connectivity index (χ1n) is 8.30. The van der Waals surface area contributed by atoms with Gasteiger partial charge in [0.1, 0.15) is 0 Å². The number of hydrogen-bond donors (Lipinski definition) is 2. The molecule has 1 atom stereocenters. The third-order valence-electron chi connectivity index (χ3n) is 4.08. The second-order valence-corrected chi connectivity index (χ2v) is 5.91. The van der Waals surface area contributed by atoms with Gasteiger partial charge >= 0.3 is 5.97 Å². The quantitative estimate of drug-likeness (QED) is 0.756. The Morgan fingerprint density at radius 2 is 1.72 bits per heavy atom. The molecule has 0 aliphatic rings. The first kappa shape index (κ1) is 18.7. The molecule has 0 aliphatic carbocycles. The van der Waals surface area contributed by atoms with Crippen molar-refractivity contribution in [2.45, 2.75) is 32.8 Å². The summed E-state index contributed by atoms with van der Waals surface area (Å²) in [7, 11) is 0. The summed E-state index contributed by atoms with van der Waals surface area (Å²) in [5.74, 6) is -0.494. The van der Waals surface area contributed by atoms with E-state index in [9.17, 15) is 9.59 Å². The number of anilines is 1. The fourth-order valence-corrected chi connectivity index (χ4v) is 2.29. The van der Waals surface area contributed by atoms with E-state index in [1.807, 2.05) is 24.3 Å². The molecule has 0 spiro atoms. The molecule has 0 heterocycles. The normalized spacial score (nSPS) is 11.6. The van der Waals surface area contributed by atoms with Gasteiger partial charge in [0.2, 0.25) is 0 Å². The Labute approximate surface area is 147 Å². The van der Waals surface area contributed by atoms with Crippen molar-refractivity contribution in [3.8, 4) is 0 Å². The SMILES string of the molecule is CC[C@@H](C)c1ccc(NC(=O)COC(=O)c2ccc(CO)cc2)cc1. The molecule has 132 valence electrons. The van der Waals surface area contributed by atoms with E-state index in [0.717, 1.165) is 6.42 Å². The molecule has 2 aromatic rings. The molecule has 0 aromatic heterocycles. The van der Waals surface area contributed by atoms with Crippen molar-refractivity contribution in [2.75, 3.05) is 11.9 Å². The number of amides is 1. The van der Waals surface area contributed by atoms with Gasteiger partial charge < -0.3 is 15.2 Å². The molecule has 0 aliphatic heterocycles. The Kier molecular flexibility index (Phi) is 6.71. The van der Waals surface area contributed by atoms with Crippen LogP contribution in [-0.2, 0) is 16.1 Å². The second-order valence-electron chi connectivity index (χ2n) is 5.91. The van der Waals surface area contributed by atoms with Crippen LogP contribution in [0.1, 0.15) is 47.7 Å². The number of ether oxygens (including phenoxy) is 1. The van der Waals surface area contributed by atoms with Crippen LogP contribution in [0.15, 0.2) is 48.5 Å². The van der Waals surface area contributed by atoms with Gasteiger partial charge in [-0.2, -0.15) is 0 Å². The van der Waals surface area contributed by atoms with Crippen LogP contribution in [0, 0.1) is 0 Å². The molecule has 2 rings (SSSR count). The van der Waals surface area contributed by atoms with Crippen molar-refractivity contribution in [1.29, 1.82) is 0 Å². The Morgan fingerprint density at radius 1 is 1.08 bits per heavy atom. The smallest absolute Gasteiger partial charge is 0.338 e. The highest BCUT2D eigenvalue weighted by molar-refractivity contribution is 5.95. The zero-order valence-corrected chi connectivity index (χ0v) is 14.5. The van der Waals surface area contributed by atoms with E-state index in [-0.39, 0.29) is 13.2 Å². The third-order valence-corrected chi connectivity index (χ3v) is 4.08. The fraction of sp³-hybridized carbons (Fsp3) is 0.300. The van der Waals surface area contributed by atoms with E-state index in [1.54, 1.807) is 24.3 Å². The first-order valence-corrected chi connectivity index (χ1v) is 8.30. The van der Waals surface area contributed by atoms with Crippen molar-refractivity contribution in [3.63, 3.8) is 0 Å². The largest absolute Gasteiger partial charge is 0.452 e. The zero-order valence-electron chi connectivity index (χ0n) is 14.5. The van der Waals surface area contributed by atoms with Crippen LogP contribution in [-0.4, -0.2) is 23.6 Å². The summed E-state index contributed by atoms with van der Waals surface area (Å²) in [6.07, 6.45) is 1.06. The van der Waals surface area contributed by atoms with Crippen LogP contribution in [0.25, 0.3) is 0 Å². The summed E-state index contributed by atoms with van der Waals surface area (Å²) in [6.45, 7) is 3.84. The minimum absolute atomic E-state index is 0.0897. The monoisotopic (exact) mass is 341 g/mol. The van der Waals surface area contributed by atoms with Gasteiger partial charge in [-0.05, 0) is 47.7 Å². The number of benzene rings is 2. The van der Waals surface area contributed by atoms with E-state index < -0.39 is 11.9 Å². The predicted octanol–water partition coefficient (Wildman–Crippen LogP) is 3.49. The lowest BCUT2D eigenvalue weighted by atomic mass is 9.99.